The Kier molecular flexibility index (Phi) is 4.86. The molecule has 5 heteroatoms. The van der Waals surface area contributed by atoms with Gasteiger partial charge in [0.15, 0.2) is 0 Å². The van der Waals surface area contributed by atoms with E-state index in [1.54, 1.807) is 0 Å². The van der Waals surface area contributed by atoms with Gasteiger partial charge in [-0.1, -0.05) is 23.8 Å². The van der Waals surface area contributed by atoms with Crippen LogP contribution in [0.3, 0.4) is 0 Å². The van der Waals surface area contributed by atoms with Crippen LogP contribution in [0, 0.1) is 6.92 Å². The molecule has 0 saturated heterocycles. The zero-order valence-corrected chi connectivity index (χ0v) is 14.1. The Morgan fingerprint density at radius 1 is 1.04 bits per heavy atom. The minimum absolute atomic E-state index is 0.579. The van der Waals surface area contributed by atoms with E-state index >= 15 is 0 Å². The third-order valence-electron chi connectivity index (χ3n) is 4.42. The first-order valence-corrected chi connectivity index (χ1v) is 8.39. The van der Waals surface area contributed by atoms with Crippen LogP contribution in [0.25, 0.3) is 22.2 Å². The van der Waals surface area contributed by atoms with Crippen LogP contribution in [0.15, 0.2) is 42.5 Å². The molecule has 132 valence electrons. The third kappa shape index (κ3) is 3.71. The minimum atomic E-state index is -4.34. The first-order chi connectivity index (χ1) is 11.9. The molecule has 0 fully saturated rings. The highest BCUT2D eigenvalue weighted by Crippen LogP contribution is 2.36. The van der Waals surface area contributed by atoms with Crippen LogP contribution in [0.1, 0.15) is 29.5 Å². The smallest absolute Gasteiger partial charge is 0.354 e. The number of hydrogen-bond donors (Lipinski definition) is 2. The van der Waals surface area contributed by atoms with E-state index in [1.807, 2.05) is 31.2 Å². The largest absolute Gasteiger partial charge is 0.416 e. The number of aromatic nitrogens is 1. The Morgan fingerprint density at radius 3 is 2.52 bits per heavy atom. The highest BCUT2D eigenvalue weighted by atomic mass is 19.4. The molecule has 0 aliphatic heterocycles. The van der Waals surface area contributed by atoms with E-state index in [0.717, 1.165) is 46.8 Å². The number of rotatable bonds is 5. The van der Waals surface area contributed by atoms with Gasteiger partial charge in [0, 0.05) is 16.6 Å². The van der Waals surface area contributed by atoms with Gasteiger partial charge in [-0.25, -0.2) is 0 Å². The van der Waals surface area contributed by atoms with Crippen LogP contribution in [0.5, 0.6) is 0 Å². The van der Waals surface area contributed by atoms with Gasteiger partial charge in [0.1, 0.15) is 0 Å². The maximum Gasteiger partial charge on any atom is 0.416 e. The summed E-state index contributed by atoms with van der Waals surface area (Å²) in [6.07, 6.45) is -1.96. The van der Waals surface area contributed by atoms with Gasteiger partial charge in [0.2, 0.25) is 0 Å². The van der Waals surface area contributed by atoms with Crippen molar-refractivity contribution in [2.75, 3.05) is 6.54 Å². The Labute approximate surface area is 144 Å². The van der Waals surface area contributed by atoms with Crippen LogP contribution >= 0.6 is 0 Å². The van der Waals surface area contributed by atoms with Gasteiger partial charge < -0.3 is 10.7 Å². The van der Waals surface area contributed by atoms with E-state index < -0.39 is 11.7 Å². The molecule has 0 aliphatic rings. The number of unbranched alkanes of at least 4 members (excludes halogenated alkanes) is 1. The van der Waals surface area contributed by atoms with Gasteiger partial charge >= 0.3 is 6.18 Å². The topological polar surface area (TPSA) is 41.8 Å². The van der Waals surface area contributed by atoms with Gasteiger partial charge in [0.05, 0.1) is 5.56 Å². The van der Waals surface area contributed by atoms with Gasteiger partial charge in [-0.3, -0.25) is 0 Å². The first kappa shape index (κ1) is 17.5. The molecule has 0 spiro atoms. The van der Waals surface area contributed by atoms with Crippen molar-refractivity contribution in [3.8, 4) is 11.3 Å². The molecular formula is C20H21F3N2. The van der Waals surface area contributed by atoms with E-state index in [0.29, 0.717) is 18.4 Å². The summed E-state index contributed by atoms with van der Waals surface area (Å²) in [4.78, 5) is 3.31. The molecule has 3 N–H and O–H groups in total. The van der Waals surface area contributed by atoms with E-state index in [2.05, 4.69) is 4.98 Å². The fourth-order valence-corrected chi connectivity index (χ4v) is 3.18. The van der Waals surface area contributed by atoms with Crippen molar-refractivity contribution >= 4 is 10.9 Å². The van der Waals surface area contributed by atoms with Crippen molar-refractivity contribution in [1.82, 2.24) is 4.98 Å². The Balaban J connectivity index is 2.16. The van der Waals surface area contributed by atoms with Crippen LogP contribution in [0.4, 0.5) is 13.2 Å². The van der Waals surface area contributed by atoms with Crippen molar-refractivity contribution in [3.63, 3.8) is 0 Å². The predicted molar refractivity (Wildman–Crippen MR) is 95.5 cm³/mol. The van der Waals surface area contributed by atoms with Crippen molar-refractivity contribution in [2.45, 2.75) is 32.4 Å². The quantitative estimate of drug-likeness (QED) is 0.593. The second kappa shape index (κ2) is 6.92. The second-order valence-electron chi connectivity index (χ2n) is 6.35. The summed E-state index contributed by atoms with van der Waals surface area (Å²) in [5.74, 6) is 0. The van der Waals surface area contributed by atoms with Crippen LogP contribution in [-0.4, -0.2) is 11.5 Å². The normalized spacial score (nSPS) is 12.0. The monoisotopic (exact) mass is 346 g/mol. The Bertz CT molecular complexity index is 878. The molecule has 0 radical (unpaired) electrons. The highest BCUT2D eigenvalue weighted by Gasteiger charge is 2.31. The number of hydrogen-bond acceptors (Lipinski definition) is 1. The minimum Gasteiger partial charge on any atom is -0.354 e. The number of halogens is 3. The number of nitrogens with two attached hydrogens (primary N) is 1. The second-order valence-corrected chi connectivity index (χ2v) is 6.35. The predicted octanol–water partition coefficient (Wildman–Crippen LogP) is 5.44. The van der Waals surface area contributed by atoms with E-state index in [9.17, 15) is 13.2 Å². The summed E-state index contributed by atoms with van der Waals surface area (Å²) in [5, 5.41) is 0.642. The summed E-state index contributed by atoms with van der Waals surface area (Å²) in [6, 6.07) is 11.9. The van der Waals surface area contributed by atoms with E-state index in [-0.39, 0.29) is 0 Å². The zero-order valence-electron chi connectivity index (χ0n) is 14.1. The number of alkyl halides is 3. The molecular weight excluding hydrogens is 325 g/mol. The lowest BCUT2D eigenvalue weighted by molar-refractivity contribution is -0.137. The van der Waals surface area contributed by atoms with Crippen molar-refractivity contribution < 1.29 is 13.2 Å². The summed E-state index contributed by atoms with van der Waals surface area (Å²) in [6.45, 7) is 2.58. The number of benzene rings is 2. The number of aromatic amines is 1. The lowest BCUT2D eigenvalue weighted by Crippen LogP contribution is -2.04. The molecule has 1 aromatic heterocycles. The molecule has 0 atom stereocenters. The molecule has 3 aromatic rings. The van der Waals surface area contributed by atoms with Gasteiger partial charge in [-0.15, -0.1) is 0 Å². The van der Waals surface area contributed by atoms with Crippen LogP contribution in [0.2, 0.25) is 0 Å². The fourth-order valence-electron chi connectivity index (χ4n) is 3.18. The van der Waals surface area contributed by atoms with Gasteiger partial charge in [-0.2, -0.15) is 13.2 Å². The van der Waals surface area contributed by atoms with Crippen molar-refractivity contribution in [1.29, 1.82) is 0 Å². The van der Waals surface area contributed by atoms with Crippen molar-refractivity contribution in [2.24, 2.45) is 5.73 Å². The number of fused-ring (bicyclic) bond motifs is 1. The van der Waals surface area contributed by atoms with Gasteiger partial charge in [0.25, 0.3) is 0 Å². The lowest BCUT2D eigenvalue weighted by Gasteiger charge is -2.08. The molecule has 0 bridgehead atoms. The summed E-state index contributed by atoms with van der Waals surface area (Å²) in [7, 11) is 0. The molecule has 1 heterocycles. The van der Waals surface area contributed by atoms with Crippen LogP contribution < -0.4 is 5.73 Å². The fraction of sp³-hybridized carbons (Fsp3) is 0.300. The number of aryl methyl sites for hydroxylation is 2. The van der Waals surface area contributed by atoms with Gasteiger partial charge in [-0.05, 0) is 68.1 Å². The molecule has 0 unspecified atom stereocenters. The Hall–Kier alpha value is -2.27. The average Bonchev–Trinajstić information content (AvgIpc) is 2.92. The Morgan fingerprint density at radius 2 is 1.84 bits per heavy atom. The maximum atomic E-state index is 13.1. The van der Waals surface area contributed by atoms with Crippen molar-refractivity contribution in [3.05, 3.63) is 59.2 Å². The summed E-state index contributed by atoms with van der Waals surface area (Å²) >= 11 is 0. The molecule has 2 nitrogen and oxygen atoms in total. The SMILES string of the molecule is Cc1cccc(-c2[nH]c3ccc(C(F)(F)F)cc3c2CCCCN)c1. The van der Waals surface area contributed by atoms with E-state index in [1.165, 1.54) is 12.1 Å². The van der Waals surface area contributed by atoms with Crippen LogP contribution in [-0.2, 0) is 12.6 Å². The molecule has 2 aromatic carbocycles. The first-order valence-electron chi connectivity index (χ1n) is 8.39. The third-order valence-corrected chi connectivity index (χ3v) is 4.42. The molecule has 0 aliphatic carbocycles. The zero-order chi connectivity index (χ0) is 18.0. The van der Waals surface area contributed by atoms with E-state index in [4.69, 9.17) is 5.73 Å². The maximum absolute atomic E-state index is 13.1. The summed E-state index contributed by atoms with van der Waals surface area (Å²) in [5.41, 5.74) is 9.62. The average molecular weight is 346 g/mol. The molecule has 25 heavy (non-hydrogen) atoms. The number of H-pyrrole nitrogens is 1. The molecule has 0 amide bonds. The molecule has 3 rings (SSSR count). The lowest BCUT2D eigenvalue weighted by atomic mass is 9.98. The number of nitrogens with one attached hydrogen (secondary N) is 1. The summed E-state index contributed by atoms with van der Waals surface area (Å²) < 4.78 is 39.3. The standard InChI is InChI=1S/C20H21F3N2/c1-13-5-4-6-14(11-13)19-16(7-2-3-10-24)17-12-15(20(21,22)23)8-9-18(17)25-19/h4-6,8-9,11-12,25H,2-3,7,10,24H2,1H3. The highest BCUT2D eigenvalue weighted by molar-refractivity contribution is 5.91. The molecule has 0 saturated carbocycles.